The van der Waals surface area contributed by atoms with Crippen LogP contribution in [0.3, 0.4) is 0 Å². The van der Waals surface area contributed by atoms with Crippen LogP contribution in [0.15, 0.2) is 71.9 Å². The van der Waals surface area contributed by atoms with Crippen molar-refractivity contribution in [3.63, 3.8) is 0 Å². The van der Waals surface area contributed by atoms with Gasteiger partial charge < -0.3 is 5.11 Å². The zero-order chi connectivity index (χ0) is 18.6. The van der Waals surface area contributed by atoms with Gasteiger partial charge in [0, 0.05) is 17.6 Å². The van der Waals surface area contributed by atoms with Gasteiger partial charge in [-0.2, -0.15) is 4.68 Å². The molecule has 0 fully saturated rings. The molecule has 27 heavy (non-hydrogen) atoms. The van der Waals surface area contributed by atoms with E-state index in [2.05, 4.69) is 15.5 Å². The second-order valence-electron chi connectivity index (χ2n) is 5.91. The van der Waals surface area contributed by atoms with Gasteiger partial charge in [-0.15, -0.1) is 5.10 Å². The average molecular weight is 376 g/mol. The largest absolute Gasteiger partial charge is 0.507 e. The Bertz CT molecular complexity index is 1100. The lowest BCUT2D eigenvalue weighted by Gasteiger charge is -2.07. The van der Waals surface area contributed by atoms with Crippen LogP contribution in [0, 0.1) is 0 Å². The van der Waals surface area contributed by atoms with Crippen molar-refractivity contribution in [2.75, 3.05) is 5.75 Å². The third kappa shape index (κ3) is 3.54. The number of rotatable bonds is 6. The van der Waals surface area contributed by atoms with E-state index in [1.807, 2.05) is 60.7 Å². The molecule has 0 aliphatic carbocycles. The van der Waals surface area contributed by atoms with Gasteiger partial charge in [-0.1, -0.05) is 60.3 Å². The SMILES string of the molecule is O=C(CCSc1nnnn1-c1ccccc1)c1ccc2ccccc2c1O. The number of benzene rings is 3. The number of thioether (sulfide) groups is 1. The van der Waals surface area contributed by atoms with Gasteiger partial charge in [0.15, 0.2) is 5.78 Å². The second kappa shape index (κ2) is 7.59. The van der Waals surface area contributed by atoms with Gasteiger partial charge in [-0.05, 0) is 34.0 Å². The molecule has 1 aromatic heterocycles. The molecule has 0 amide bonds. The minimum Gasteiger partial charge on any atom is -0.507 e. The Morgan fingerprint density at radius 2 is 1.78 bits per heavy atom. The van der Waals surface area contributed by atoms with E-state index in [0.29, 0.717) is 21.9 Å². The first-order valence-electron chi connectivity index (χ1n) is 8.44. The summed E-state index contributed by atoms with van der Waals surface area (Å²) in [5.74, 6) is 0.444. The van der Waals surface area contributed by atoms with E-state index in [1.165, 1.54) is 11.8 Å². The normalized spacial score (nSPS) is 11.0. The predicted octanol–water partition coefficient (Wildman–Crippen LogP) is 3.89. The average Bonchev–Trinajstić information content (AvgIpc) is 3.17. The van der Waals surface area contributed by atoms with Crippen LogP contribution in [0.5, 0.6) is 5.75 Å². The molecular formula is C20H16N4O2S. The number of aromatic nitrogens is 4. The quantitative estimate of drug-likeness (QED) is 0.406. The van der Waals surface area contributed by atoms with Crippen LogP contribution in [0.1, 0.15) is 16.8 Å². The molecule has 6 nitrogen and oxygen atoms in total. The number of Topliss-reactive ketones (excluding diaryl/α,β-unsaturated/α-hetero) is 1. The van der Waals surface area contributed by atoms with Gasteiger partial charge in [0.05, 0.1) is 11.3 Å². The molecule has 0 unspecified atom stereocenters. The number of hydrogen-bond acceptors (Lipinski definition) is 6. The van der Waals surface area contributed by atoms with Gasteiger partial charge in [0.1, 0.15) is 5.75 Å². The molecule has 0 aliphatic rings. The Labute approximate surface area is 159 Å². The van der Waals surface area contributed by atoms with Crippen LogP contribution in [0.2, 0.25) is 0 Å². The van der Waals surface area contributed by atoms with Crippen LogP contribution in [-0.4, -0.2) is 36.8 Å². The molecule has 7 heteroatoms. The van der Waals surface area contributed by atoms with Crippen molar-refractivity contribution < 1.29 is 9.90 Å². The Morgan fingerprint density at radius 3 is 2.63 bits per heavy atom. The summed E-state index contributed by atoms with van der Waals surface area (Å²) in [6.45, 7) is 0. The summed E-state index contributed by atoms with van der Waals surface area (Å²) in [5, 5.41) is 24.4. The maximum atomic E-state index is 12.6. The molecule has 4 aromatic rings. The number of hydrogen-bond donors (Lipinski definition) is 1. The summed E-state index contributed by atoms with van der Waals surface area (Å²) in [6, 6.07) is 20.6. The van der Waals surface area contributed by atoms with Crippen molar-refractivity contribution >= 4 is 28.3 Å². The minimum absolute atomic E-state index is 0.0391. The van der Waals surface area contributed by atoms with E-state index in [9.17, 15) is 9.90 Å². The van der Waals surface area contributed by atoms with Crippen molar-refractivity contribution in [3.05, 3.63) is 72.3 Å². The highest BCUT2D eigenvalue weighted by Gasteiger charge is 2.15. The molecule has 0 spiro atoms. The lowest BCUT2D eigenvalue weighted by atomic mass is 10.0. The van der Waals surface area contributed by atoms with Gasteiger partial charge in [0.25, 0.3) is 0 Å². The Balaban J connectivity index is 1.45. The first-order valence-corrected chi connectivity index (χ1v) is 9.43. The first kappa shape index (κ1) is 17.2. The number of nitrogens with zero attached hydrogens (tertiary/aromatic N) is 4. The molecule has 1 N–H and O–H groups in total. The smallest absolute Gasteiger partial charge is 0.214 e. The van der Waals surface area contributed by atoms with E-state index in [4.69, 9.17) is 0 Å². The highest BCUT2D eigenvalue weighted by atomic mass is 32.2. The van der Waals surface area contributed by atoms with Gasteiger partial charge in [-0.3, -0.25) is 4.79 Å². The third-order valence-electron chi connectivity index (χ3n) is 4.20. The number of carbonyl (C=O) groups excluding carboxylic acids is 1. The lowest BCUT2D eigenvalue weighted by molar-refractivity contribution is 0.0987. The van der Waals surface area contributed by atoms with Crippen molar-refractivity contribution in [2.45, 2.75) is 11.6 Å². The fourth-order valence-corrected chi connectivity index (χ4v) is 3.68. The lowest BCUT2D eigenvalue weighted by Crippen LogP contribution is -2.03. The minimum atomic E-state index is -0.107. The summed E-state index contributed by atoms with van der Waals surface area (Å²) in [4.78, 5) is 12.6. The van der Waals surface area contributed by atoms with E-state index in [0.717, 1.165) is 11.1 Å². The fourth-order valence-electron chi connectivity index (χ4n) is 2.85. The molecule has 1 heterocycles. The number of fused-ring (bicyclic) bond motifs is 1. The molecule has 0 aliphatic heterocycles. The number of phenolic OH excluding ortho intramolecular Hbond substituents is 1. The third-order valence-corrected chi connectivity index (χ3v) is 5.12. The van der Waals surface area contributed by atoms with Crippen LogP contribution in [-0.2, 0) is 0 Å². The van der Waals surface area contributed by atoms with Crippen molar-refractivity contribution in [1.29, 1.82) is 0 Å². The summed E-state index contributed by atoms with van der Waals surface area (Å²) in [6.07, 6.45) is 0.276. The van der Waals surface area contributed by atoms with Crippen molar-refractivity contribution in [3.8, 4) is 11.4 Å². The maximum Gasteiger partial charge on any atom is 0.214 e. The van der Waals surface area contributed by atoms with E-state index in [-0.39, 0.29) is 18.0 Å². The Hall–Kier alpha value is -3.19. The van der Waals surface area contributed by atoms with Crippen molar-refractivity contribution in [1.82, 2.24) is 20.2 Å². The molecule has 0 atom stereocenters. The standard InChI is InChI=1S/C20H16N4O2S/c25-18(17-11-10-14-6-4-5-9-16(14)19(17)26)12-13-27-20-21-22-23-24(20)15-7-2-1-3-8-15/h1-11,26H,12-13H2. The Morgan fingerprint density at radius 1 is 1.00 bits per heavy atom. The topological polar surface area (TPSA) is 80.9 Å². The number of ketones is 1. The molecule has 0 saturated carbocycles. The van der Waals surface area contributed by atoms with Gasteiger partial charge in [-0.25, -0.2) is 0 Å². The van der Waals surface area contributed by atoms with Crippen molar-refractivity contribution in [2.24, 2.45) is 0 Å². The monoisotopic (exact) mass is 376 g/mol. The highest BCUT2D eigenvalue weighted by molar-refractivity contribution is 7.99. The summed E-state index contributed by atoms with van der Waals surface area (Å²) >= 11 is 1.41. The van der Waals surface area contributed by atoms with Gasteiger partial charge >= 0.3 is 0 Å². The number of aromatic hydroxyl groups is 1. The number of phenols is 1. The summed E-state index contributed by atoms with van der Waals surface area (Å²) in [5.41, 5.74) is 1.21. The number of carbonyl (C=O) groups is 1. The van der Waals surface area contributed by atoms with Gasteiger partial charge in [0.2, 0.25) is 5.16 Å². The zero-order valence-electron chi connectivity index (χ0n) is 14.3. The second-order valence-corrected chi connectivity index (χ2v) is 6.98. The van der Waals surface area contributed by atoms with Crippen LogP contribution in [0.25, 0.3) is 16.5 Å². The molecule has 0 radical (unpaired) electrons. The van der Waals surface area contributed by atoms with E-state index < -0.39 is 0 Å². The maximum absolute atomic E-state index is 12.6. The fraction of sp³-hybridized carbons (Fsp3) is 0.100. The number of tetrazole rings is 1. The molecule has 4 rings (SSSR count). The van der Waals surface area contributed by atoms with Crippen LogP contribution in [0.4, 0.5) is 0 Å². The molecule has 0 saturated heterocycles. The Kier molecular flexibility index (Phi) is 4.84. The molecule has 134 valence electrons. The summed E-state index contributed by atoms with van der Waals surface area (Å²) < 4.78 is 1.64. The van der Waals surface area contributed by atoms with Crippen LogP contribution < -0.4 is 0 Å². The van der Waals surface area contributed by atoms with E-state index >= 15 is 0 Å². The highest BCUT2D eigenvalue weighted by Crippen LogP contribution is 2.30. The summed E-state index contributed by atoms with van der Waals surface area (Å²) in [7, 11) is 0. The first-order chi connectivity index (χ1) is 13.2. The molecule has 0 bridgehead atoms. The zero-order valence-corrected chi connectivity index (χ0v) is 15.1. The predicted molar refractivity (Wildman–Crippen MR) is 104 cm³/mol. The van der Waals surface area contributed by atoms with E-state index in [1.54, 1.807) is 10.7 Å². The van der Waals surface area contributed by atoms with Crippen LogP contribution >= 0.6 is 11.8 Å². The molecule has 3 aromatic carbocycles. The number of para-hydroxylation sites is 1. The molecular weight excluding hydrogens is 360 g/mol.